The van der Waals surface area contributed by atoms with Crippen LogP contribution in [0.1, 0.15) is 22.5 Å². The number of nitrogens with zero attached hydrogens (tertiary/aromatic N) is 1. The molecule has 116 valence electrons. The Morgan fingerprint density at radius 2 is 2.33 bits per heavy atom. The van der Waals surface area contributed by atoms with Crippen LogP contribution in [0.4, 0.5) is 5.69 Å². The second-order valence-electron chi connectivity index (χ2n) is 5.07. The second-order valence-corrected chi connectivity index (χ2v) is 5.98. The SMILES string of the molecule is CNC1CCCN(CC(=O)Nc2ccsc2C(=O)OC)C1. The molecule has 21 heavy (non-hydrogen) atoms. The number of likely N-dealkylation sites (N-methyl/N-ethyl adjacent to an activating group) is 1. The van der Waals surface area contributed by atoms with Gasteiger partial charge < -0.3 is 15.4 Å². The summed E-state index contributed by atoms with van der Waals surface area (Å²) in [5.74, 6) is -0.524. The molecule has 0 aliphatic carbocycles. The summed E-state index contributed by atoms with van der Waals surface area (Å²) in [6, 6.07) is 2.17. The van der Waals surface area contributed by atoms with Gasteiger partial charge in [0.15, 0.2) is 0 Å². The number of rotatable bonds is 5. The number of anilines is 1. The topological polar surface area (TPSA) is 70.7 Å². The molecular formula is C14H21N3O3S. The lowest BCUT2D eigenvalue weighted by Crippen LogP contribution is -2.46. The molecule has 1 aromatic rings. The van der Waals surface area contributed by atoms with E-state index in [0.717, 1.165) is 25.9 Å². The average molecular weight is 311 g/mol. The van der Waals surface area contributed by atoms with Crippen LogP contribution < -0.4 is 10.6 Å². The third-order valence-corrected chi connectivity index (χ3v) is 4.49. The quantitative estimate of drug-likeness (QED) is 0.799. The number of likely N-dealkylation sites (tertiary alicyclic amines) is 1. The molecule has 0 radical (unpaired) electrons. The Hall–Kier alpha value is -1.44. The van der Waals surface area contributed by atoms with Crippen LogP contribution in [0.25, 0.3) is 0 Å². The Labute approximate surface area is 128 Å². The molecule has 1 aliphatic heterocycles. The normalized spacial score (nSPS) is 19.2. The van der Waals surface area contributed by atoms with Crippen LogP contribution in [0, 0.1) is 0 Å². The van der Waals surface area contributed by atoms with Crippen LogP contribution >= 0.6 is 11.3 Å². The lowest BCUT2D eigenvalue weighted by Gasteiger charge is -2.31. The maximum atomic E-state index is 12.1. The smallest absolute Gasteiger partial charge is 0.350 e. The minimum Gasteiger partial charge on any atom is -0.465 e. The Kier molecular flexibility index (Phi) is 5.72. The van der Waals surface area contributed by atoms with Gasteiger partial charge in [0.05, 0.1) is 19.3 Å². The number of esters is 1. The van der Waals surface area contributed by atoms with Gasteiger partial charge in [-0.3, -0.25) is 9.69 Å². The number of hydrogen-bond donors (Lipinski definition) is 2. The first-order valence-electron chi connectivity index (χ1n) is 6.99. The fourth-order valence-corrected chi connectivity index (χ4v) is 3.25. The molecule has 0 saturated carbocycles. The van der Waals surface area contributed by atoms with Crippen LogP contribution in [-0.2, 0) is 9.53 Å². The first-order chi connectivity index (χ1) is 10.1. The van der Waals surface area contributed by atoms with E-state index in [2.05, 4.69) is 15.5 Å². The van der Waals surface area contributed by atoms with E-state index >= 15 is 0 Å². The number of hydrogen-bond acceptors (Lipinski definition) is 6. The highest BCUT2D eigenvalue weighted by Crippen LogP contribution is 2.23. The summed E-state index contributed by atoms with van der Waals surface area (Å²) < 4.78 is 4.70. The standard InChI is InChI=1S/C14H21N3O3S/c1-15-10-4-3-6-17(8-10)9-12(18)16-11-5-7-21-13(11)14(19)20-2/h5,7,10,15H,3-4,6,8-9H2,1-2H3,(H,16,18). The summed E-state index contributed by atoms with van der Waals surface area (Å²) in [7, 11) is 3.28. The maximum absolute atomic E-state index is 12.1. The van der Waals surface area contributed by atoms with E-state index < -0.39 is 5.97 Å². The molecule has 1 fully saturated rings. The van der Waals surface area contributed by atoms with Crippen molar-refractivity contribution in [1.29, 1.82) is 0 Å². The zero-order valence-corrected chi connectivity index (χ0v) is 13.2. The monoisotopic (exact) mass is 311 g/mol. The number of amides is 1. The predicted molar refractivity (Wildman–Crippen MR) is 82.8 cm³/mol. The molecule has 1 unspecified atom stereocenters. The second kappa shape index (κ2) is 7.53. The zero-order valence-electron chi connectivity index (χ0n) is 12.3. The van der Waals surface area contributed by atoms with Gasteiger partial charge in [0.2, 0.25) is 5.91 Å². The van der Waals surface area contributed by atoms with E-state index in [1.54, 1.807) is 11.4 Å². The minimum absolute atomic E-state index is 0.102. The molecule has 2 rings (SSSR count). The Balaban J connectivity index is 1.90. The highest BCUT2D eigenvalue weighted by Gasteiger charge is 2.21. The molecule has 1 amide bonds. The third kappa shape index (κ3) is 4.26. The van der Waals surface area contributed by atoms with Crippen molar-refractivity contribution in [2.24, 2.45) is 0 Å². The van der Waals surface area contributed by atoms with Crippen molar-refractivity contribution in [1.82, 2.24) is 10.2 Å². The largest absolute Gasteiger partial charge is 0.465 e. The number of carbonyl (C=O) groups is 2. The van der Waals surface area contributed by atoms with Gasteiger partial charge in [-0.1, -0.05) is 0 Å². The highest BCUT2D eigenvalue weighted by molar-refractivity contribution is 7.12. The number of carbonyl (C=O) groups excluding carboxylic acids is 2. The first kappa shape index (κ1) is 15.9. The summed E-state index contributed by atoms with van der Waals surface area (Å²) in [5, 5.41) is 7.81. The third-order valence-electron chi connectivity index (χ3n) is 3.59. The van der Waals surface area contributed by atoms with Gasteiger partial charge >= 0.3 is 5.97 Å². The summed E-state index contributed by atoms with van der Waals surface area (Å²) in [6.45, 7) is 2.14. The van der Waals surface area contributed by atoms with Crippen molar-refractivity contribution in [2.45, 2.75) is 18.9 Å². The van der Waals surface area contributed by atoms with Crippen molar-refractivity contribution < 1.29 is 14.3 Å². The number of methoxy groups -OCH3 is 1. The van der Waals surface area contributed by atoms with Crippen molar-refractivity contribution in [3.8, 4) is 0 Å². The Bertz CT molecular complexity index is 503. The summed E-state index contributed by atoms with van der Waals surface area (Å²) in [5.41, 5.74) is 0.527. The average Bonchev–Trinajstić information content (AvgIpc) is 2.94. The van der Waals surface area contributed by atoms with E-state index in [1.807, 2.05) is 7.05 Å². The number of thiophene rings is 1. The van der Waals surface area contributed by atoms with Crippen LogP contribution in [0.2, 0.25) is 0 Å². The highest BCUT2D eigenvalue weighted by atomic mass is 32.1. The van der Waals surface area contributed by atoms with E-state index in [0.29, 0.717) is 23.2 Å². The van der Waals surface area contributed by atoms with Crippen LogP contribution in [0.5, 0.6) is 0 Å². The van der Waals surface area contributed by atoms with Gasteiger partial charge in [0, 0.05) is 12.6 Å². The van der Waals surface area contributed by atoms with Gasteiger partial charge in [-0.2, -0.15) is 0 Å². The van der Waals surface area contributed by atoms with Gasteiger partial charge in [-0.05, 0) is 37.9 Å². The fraction of sp³-hybridized carbons (Fsp3) is 0.571. The zero-order chi connectivity index (χ0) is 15.2. The molecule has 7 heteroatoms. The summed E-state index contributed by atoms with van der Waals surface area (Å²) in [6.07, 6.45) is 2.23. The molecular weight excluding hydrogens is 290 g/mol. The van der Waals surface area contributed by atoms with E-state index in [1.165, 1.54) is 18.4 Å². The predicted octanol–water partition coefficient (Wildman–Crippen LogP) is 1.16. The van der Waals surface area contributed by atoms with Crippen molar-refractivity contribution in [3.05, 3.63) is 16.3 Å². The molecule has 0 bridgehead atoms. The van der Waals surface area contributed by atoms with Crippen molar-refractivity contribution >= 4 is 28.9 Å². The Morgan fingerprint density at radius 1 is 1.52 bits per heavy atom. The van der Waals surface area contributed by atoms with Crippen molar-refractivity contribution in [3.63, 3.8) is 0 Å². The lowest BCUT2D eigenvalue weighted by atomic mass is 10.1. The Morgan fingerprint density at radius 3 is 3.05 bits per heavy atom. The molecule has 1 aliphatic rings. The lowest BCUT2D eigenvalue weighted by molar-refractivity contribution is -0.117. The molecule has 6 nitrogen and oxygen atoms in total. The van der Waals surface area contributed by atoms with Gasteiger partial charge in [0.1, 0.15) is 4.88 Å². The molecule has 1 atom stereocenters. The number of nitrogens with one attached hydrogen (secondary N) is 2. The van der Waals surface area contributed by atoms with Gasteiger partial charge in [-0.15, -0.1) is 11.3 Å². The summed E-state index contributed by atoms with van der Waals surface area (Å²) >= 11 is 1.26. The van der Waals surface area contributed by atoms with Gasteiger partial charge in [-0.25, -0.2) is 4.79 Å². The minimum atomic E-state index is -0.423. The first-order valence-corrected chi connectivity index (χ1v) is 7.87. The molecule has 1 saturated heterocycles. The number of ether oxygens (including phenoxy) is 1. The molecule has 1 aromatic heterocycles. The van der Waals surface area contributed by atoms with Crippen LogP contribution in [-0.4, -0.2) is 56.6 Å². The van der Waals surface area contributed by atoms with Gasteiger partial charge in [0.25, 0.3) is 0 Å². The van der Waals surface area contributed by atoms with E-state index in [9.17, 15) is 9.59 Å². The maximum Gasteiger partial charge on any atom is 0.350 e. The fourth-order valence-electron chi connectivity index (χ4n) is 2.49. The summed E-state index contributed by atoms with van der Waals surface area (Å²) in [4.78, 5) is 26.2. The molecule has 2 N–H and O–H groups in total. The molecule has 0 spiro atoms. The molecule has 2 heterocycles. The van der Waals surface area contributed by atoms with E-state index in [-0.39, 0.29) is 5.91 Å². The van der Waals surface area contributed by atoms with Crippen molar-refractivity contribution in [2.75, 3.05) is 39.1 Å². The number of piperidine rings is 1. The molecule has 0 aromatic carbocycles. The van der Waals surface area contributed by atoms with E-state index in [4.69, 9.17) is 4.74 Å². The van der Waals surface area contributed by atoms with Crippen LogP contribution in [0.3, 0.4) is 0 Å². The van der Waals surface area contributed by atoms with Crippen LogP contribution in [0.15, 0.2) is 11.4 Å².